The van der Waals surface area contributed by atoms with Gasteiger partial charge in [0.05, 0.1) is 22.1 Å². The zero-order valence-corrected chi connectivity index (χ0v) is 27.6. The van der Waals surface area contributed by atoms with Gasteiger partial charge in [0, 0.05) is 33.7 Å². The van der Waals surface area contributed by atoms with E-state index in [1.165, 1.54) is 0 Å². The van der Waals surface area contributed by atoms with Gasteiger partial charge in [-0.25, -0.2) is 15.0 Å². The Hall–Kier alpha value is -6.85. The molecule has 51 heavy (non-hydrogen) atoms. The highest BCUT2D eigenvalue weighted by Gasteiger charge is 2.22. The zero-order valence-electron chi connectivity index (χ0n) is 27.6. The predicted molar refractivity (Wildman–Crippen MR) is 207 cm³/mol. The molecule has 5 heteroatoms. The Morgan fingerprint density at radius 2 is 1.16 bits per heavy atom. The van der Waals surface area contributed by atoms with Crippen LogP contribution in [0.4, 0.5) is 0 Å². The molecule has 0 atom stereocenters. The number of hydrogen-bond acceptors (Lipinski definition) is 4. The minimum Gasteiger partial charge on any atom is -0.456 e. The van der Waals surface area contributed by atoms with E-state index in [9.17, 15) is 0 Å². The van der Waals surface area contributed by atoms with Crippen molar-refractivity contribution in [2.75, 3.05) is 0 Å². The highest BCUT2D eigenvalue weighted by atomic mass is 16.3. The fourth-order valence-corrected chi connectivity index (χ4v) is 7.37. The second-order valence-electron chi connectivity index (χ2n) is 12.8. The summed E-state index contributed by atoms with van der Waals surface area (Å²) in [6, 6.07) is 58.8. The summed E-state index contributed by atoms with van der Waals surface area (Å²) in [5.74, 6) is 2.02. The average molecular weight is 655 g/mol. The van der Waals surface area contributed by atoms with Crippen LogP contribution in [0.25, 0.3) is 83.3 Å². The molecule has 10 aromatic rings. The van der Waals surface area contributed by atoms with E-state index in [-0.39, 0.29) is 0 Å². The summed E-state index contributed by atoms with van der Waals surface area (Å²) in [4.78, 5) is 15.3. The molecule has 3 aromatic heterocycles. The normalized spacial score (nSPS) is 11.6. The molecule has 0 unspecified atom stereocenters. The molecule has 0 aliphatic rings. The van der Waals surface area contributed by atoms with Crippen molar-refractivity contribution >= 4 is 43.7 Å². The quantitative estimate of drug-likeness (QED) is 0.179. The highest BCUT2D eigenvalue weighted by molar-refractivity contribution is 6.17. The Morgan fingerprint density at radius 3 is 1.98 bits per heavy atom. The molecule has 10 rings (SSSR count). The van der Waals surface area contributed by atoms with Gasteiger partial charge in [0.25, 0.3) is 0 Å². The van der Waals surface area contributed by atoms with Gasteiger partial charge in [0.2, 0.25) is 0 Å². The largest absolute Gasteiger partial charge is 0.456 e. The van der Waals surface area contributed by atoms with E-state index in [0.29, 0.717) is 18.1 Å². The van der Waals surface area contributed by atoms with E-state index in [0.717, 1.165) is 83.1 Å². The van der Waals surface area contributed by atoms with Gasteiger partial charge >= 0.3 is 0 Å². The maximum Gasteiger partial charge on any atom is 0.165 e. The second-order valence-corrected chi connectivity index (χ2v) is 12.8. The van der Waals surface area contributed by atoms with Crippen LogP contribution in [0.2, 0.25) is 0 Å². The fraction of sp³-hybridized carbons (Fsp3) is 0.0217. The Kier molecular flexibility index (Phi) is 6.81. The molecule has 0 N–H and O–H groups in total. The third-order valence-corrected chi connectivity index (χ3v) is 9.68. The number of fused-ring (bicyclic) bond motifs is 6. The number of furan rings is 1. The van der Waals surface area contributed by atoms with Crippen molar-refractivity contribution in [1.29, 1.82) is 0 Å². The molecule has 0 aliphatic carbocycles. The first-order valence-electron chi connectivity index (χ1n) is 17.2. The first kappa shape index (κ1) is 29.1. The number of benzene rings is 7. The molecule has 0 bridgehead atoms. The van der Waals surface area contributed by atoms with Crippen molar-refractivity contribution in [3.8, 4) is 39.6 Å². The Balaban J connectivity index is 1.24. The van der Waals surface area contributed by atoms with Crippen LogP contribution in [0.15, 0.2) is 174 Å². The Morgan fingerprint density at radius 1 is 0.471 bits per heavy atom. The van der Waals surface area contributed by atoms with Crippen molar-refractivity contribution in [1.82, 2.24) is 19.5 Å². The lowest BCUT2D eigenvalue weighted by Gasteiger charge is -2.13. The highest BCUT2D eigenvalue weighted by Crippen LogP contribution is 2.42. The van der Waals surface area contributed by atoms with E-state index in [4.69, 9.17) is 19.4 Å². The Labute approximate surface area is 294 Å². The summed E-state index contributed by atoms with van der Waals surface area (Å²) in [6.07, 6.45) is 0.598. The topological polar surface area (TPSA) is 56.7 Å². The molecule has 3 heterocycles. The maximum atomic E-state index is 6.58. The van der Waals surface area contributed by atoms with Crippen LogP contribution in [0, 0.1) is 0 Å². The maximum absolute atomic E-state index is 6.58. The number of para-hydroxylation sites is 2. The van der Waals surface area contributed by atoms with Crippen molar-refractivity contribution in [2.24, 2.45) is 0 Å². The number of rotatable bonds is 6. The number of hydrogen-bond donors (Lipinski definition) is 0. The van der Waals surface area contributed by atoms with Gasteiger partial charge in [-0.15, -0.1) is 0 Å². The second kappa shape index (κ2) is 11.9. The third kappa shape index (κ3) is 4.98. The van der Waals surface area contributed by atoms with Crippen LogP contribution < -0.4 is 0 Å². The summed E-state index contributed by atoms with van der Waals surface area (Å²) >= 11 is 0. The minimum atomic E-state index is 0.598. The monoisotopic (exact) mass is 654 g/mol. The molecular formula is C46H30N4O. The molecule has 0 saturated carbocycles. The lowest BCUT2D eigenvalue weighted by atomic mass is 10.0. The Bertz CT molecular complexity index is 2870. The fourth-order valence-electron chi connectivity index (χ4n) is 7.37. The molecule has 0 aliphatic heterocycles. The van der Waals surface area contributed by atoms with Crippen LogP contribution in [-0.4, -0.2) is 19.5 Å². The van der Waals surface area contributed by atoms with E-state index in [1.807, 2.05) is 30.3 Å². The average Bonchev–Trinajstić information content (AvgIpc) is 3.74. The molecule has 0 saturated heterocycles. The number of aromatic nitrogens is 4. The van der Waals surface area contributed by atoms with E-state index < -0.39 is 0 Å². The van der Waals surface area contributed by atoms with Crippen LogP contribution in [0.3, 0.4) is 0 Å². The van der Waals surface area contributed by atoms with Gasteiger partial charge in [-0.1, -0.05) is 133 Å². The molecule has 0 radical (unpaired) electrons. The van der Waals surface area contributed by atoms with Crippen molar-refractivity contribution in [2.45, 2.75) is 6.42 Å². The minimum absolute atomic E-state index is 0.598. The lowest BCUT2D eigenvalue weighted by molar-refractivity contribution is 0.669. The van der Waals surface area contributed by atoms with E-state index >= 15 is 0 Å². The predicted octanol–water partition coefficient (Wildman–Crippen LogP) is 11.5. The van der Waals surface area contributed by atoms with E-state index in [1.54, 1.807) is 0 Å². The lowest BCUT2D eigenvalue weighted by Crippen LogP contribution is -2.05. The van der Waals surface area contributed by atoms with Crippen molar-refractivity contribution in [3.63, 3.8) is 0 Å². The molecule has 0 fully saturated rings. The summed E-state index contributed by atoms with van der Waals surface area (Å²) < 4.78 is 8.95. The van der Waals surface area contributed by atoms with Gasteiger partial charge in [0.15, 0.2) is 11.6 Å². The molecule has 5 nitrogen and oxygen atoms in total. The van der Waals surface area contributed by atoms with Gasteiger partial charge in [-0.2, -0.15) is 0 Å². The van der Waals surface area contributed by atoms with Gasteiger partial charge in [-0.3, -0.25) is 0 Å². The smallest absolute Gasteiger partial charge is 0.165 e. The van der Waals surface area contributed by atoms with E-state index in [2.05, 4.69) is 144 Å². The molecule has 240 valence electrons. The summed E-state index contributed by atoms with van der Waals surface area (Å²) in [6.45, 7) is 0. The first-order valence-corrected chi connectivity index (χ1v) is 17.2. The van der Waals surface area contributed by atoms with Crippen LogP contribution in [0.5, 0.6) is 0 Å². The van der Waals surface area contributed by atoms with Crippen LogP contribution in [-0.2, 0) is 6.42 Å². The summed E-state index contributed by atoms with van der Waals surface area (Å²) in [5, 5.41) is 4.42. The van der Waals surface area contributed by atoms with Crippen LogP contribution >= 0.6 is 0 Å². The third-order valence-electron chi connectivity index (χ3n) is 9.68. The summed E-state index contributed by atoms with van der Waals surface area (Å²) in [7, 11) is 0. The summed E-state index contributed by atoms with van der Waals surface area (Å²) in [5.41, 5.74) is 10.2. The number of nitrogens with zero attached hydrogens (tertiary/aromatic N) is 4. The molecular weight excluding hydrogens is 625 g/mol. The molecule has 7 aromatic carbocycles. The van der Waals surface area contributed by atoms with Gasteiger partial charge in [-0.05, 0) is 53.1 Å². The van der Waals surface area contributed by atoms with Gasteiger partial charge in [0.1, 0.15) is 17.0 Å². The SMILES string of the molecule is c1ccc(Cc2nc(-c3ccccc3)nc(-c3cccc4c5ccccc5n(-c5cccc6oc7cc(-c8ccccc8)ccc7c56)c34)n2)cc1. The van der Waals surface area contributed by atoms with Crippen molar-refractivity contribution in [3.05, 3.63) is 181 Å². The molecule has 0 amide bonds. The first-order chi connectivity index (χ1) is 25.3. The zero-order chi connectivity index (χ0) is 33.7. The van der Waals surface area contributed by atoms with Crippen molar-refractivity contribution < 1.29 is 4.42 Å². The molecule has 0 spiro atoms. The van der Waals surface area contributed by atoms with Crippen LogP contribution in [0.1, 0.15) is 11.4 Å². The van der Waals surface area contributed by atoms with Gasteiger partial charge < -0.3 is 8.98 Å². The standard InChI is InChI=1S/C46H30N4O/c1-4-14-30(15-5-1)28-42-47-45(32-18-8-3-9-19-32)49-46(48-42)37-22-12-21-35-34-20-10-11-23-38(34)50(44(35)37)39-24-13-25-40-43(39)36-27-26-33(29-41(36)51-40)31-16-6-2-7-17-31/h1-27,29H,28H2.